The fraction of sp³-hybridized carbons (Fsp3) is 0.368. The molecule has 0 aliphatic rings. The smallest absolute Gasteiger partial charge is 0.0578 e. The van der Waals surface area contributed by atoms with E-state index in [4.69, 9.17) is 0 Å². The van der Waals surface area contributed by atoms with Gasteiger partial charge in [-0.25, -0.2) is 0 Å². The normalized spacial score (nSPS) is 12.6. The van der Waals surface area contributed by atoms with Gasteiger partial charge in [-0.1, -0.05) is 80.9 Å². The van der Waals surface area contributed by atoms with Gasteiger partial charge in [0.05, 0.1) is 6.04 Å². The zero-order chi connectivity index (χ0) is 14.2. The van der Waals surface area contributed by atoms with Crippen LogP contribution in [0, 0.1) is 0 Å². The maximum atomic E-state index is 3.84. The molecule has 106 valence electrons. The van der Waals surface area contributed by atoms with Crippen molar-refractivity contribution in [1.29, 1.82) is 0 Å². The van der Waals surface area contributed by atoms with Crippen LogP contribution in [0.2, 0.25) is 0 Å². The first-order valence-corrected chi connectivity index (χ1v) is 7.71. The van der Waals surface area contributed by atoms with E-state index in [2.05, 4.69) is 79.8 Å². The highest BCUT2D eigenvalue weighted by Gasteiger charge is 2.16. The SMILES string of the molecule is CCCC(CC)NC(c1ccccc1)c1ccccc1. The molecule has 1 heteroatoms. The molecule has 0 heterocycles. The van der Waals surface area contributed by atoms with E-state index < -0.39 is 0 Å². The Morgan fingerprint density at radius 2 is 1.30 bits per heavy atom. The minimum absolute atomic E-state index is 0.286. The van der Waals surface area contributed by atoms with Crippen molar-refractivity contribution in [3.05, 3.63) is 71.8 Å². The van der Waals surface area contributed by atoms with E-state index in [1.807, 2.05) is 0 Å². The van der Waals surface area contributed by atoms with E-state index in [1.165, 1.54) is 30.4 Å². The van der Waals surface area contributed by atoms with Crippen LogP contribution in [0.4, 0.5) is 0 Å². The van der Waals surface area contributed by atoms with Crippen LogP contribution < -0.4 is 5.32 Å². The summed E-state index contributed by atoms with van der Waals surface area (Å²) in [5.41, 5.74) is 2.68. The lowest BCUT2D eigenvalue weighted by molar-refractivity contribution is 0.430. The quantitative estimate of drug-likeness (QED) is 0.749. The Labute approximate surface area is 123 Å². The zero-order valence-electron chi connectivity index (χ0n) is 12.5. The third-order valence-corrected chi connectivity index (χ3v) is 3.80. The fourth-order valence-corrected chi connectivity index (χ4v) is 2.67. The predicted octanol–water partition coefficient (Wildman–Crippen LogP) is 4.94. The summed E-state index contributed by atoms with van der Waals surface area (Å²) in [6.45, 7) is 4.52. The summed E-state index contributed by atoms with van der Waals surface area (Å²) >= 11 is 0. The highest BCUT2D eigenvalue weighted by molar-refractivity contribution is 5.31. The Morgan fingerprint density at radius 3 is 1.70 bits per heavy atom. The minimum Gasteiger partial charge on any atom is -0.303 e. The van der Waals surface area contributed by atoms with E-state index in [-0.39, 0.29) is 6.04 Å². The van der Waals surface area contributed by atoms with Gasteiger partial charge in [0, 0.05) is 6.04 Å². The molecule has 2 rings (SSSR count). The van der Waals surface area contributed by atoms with Crippen molar-refractivity contribution in [2.45, 2.75) is 45.2 Å². The van der Waals surface area contributed by atoms with Gasteiger partial charge in [0.1, 0.15) is 0 Å². The lowest BCUT2D eigenvalue weighted by Crippen LogP contribution is -2.33. The monoisotopic (exact) mass is 267 g/mol. The van der Waals surface area contributed by atoms with Gasteiger partial charge >= 0.3 is 0 Å². The number of hydrogen-bond donors (Lipinski definition) is 1. The molecule has 0 spiro atoms. The standard InChI is InChI=1S/C19H25N/c1-3-11-18(4-2)20-19(16-12-7-5-8-13-16)17-14-9-6-10-15-17/h5-10,12-15,18-20H,3-4,11H2,1-2H3. The lowest BCUT2D eigenvalue weighted by atomic mass is 9.96. The minimum atomic E-state index is 0.286. The Hall–Kier alpha value is -1.60. The molecule has 1 N–H and O–H groups in total. The lowest BCUT2D eigenvalue weighted by Gasteiger charge is -2.26. The van der Waals surface area contributed by atoms with E-state index >= 15 is 0 Å². The van der Waals surface area contributed by atoms with E-state index in [9.17, 15) is 0 Å². The molecular weight excluding hydrogens is 242 g/mol. The molecular formula is C19H25N. The summed E-state index contributed by atoms with van der Waals surface area (Å²) in [5.74, 6) is 0. The molecule has 0 aliphatic carbocycles. The fourth-order valence-electron chi connectivity index (χ4n) is 2.67. The molecule has 0 saturated carbocycles. The van der Waals surface area contributed by atoms with Crippen LogP contribution in [-0.4, -0.2) is 6.04 Å². The second-order valence-electron chi connectivity index (χ2n) is 5.31. The first-order chi connectivity index (χ1) is 9.85. The van der Waals surface area contributed by atoms with E-state index in [1.54, 1.807) is 0 Å². The largest absolute Gasteiger partial charge is 0.303 e. The van der Waals surface area contributed by atoms with Crippen molar-refractivity contribution in [3.63, 3.8) is 0 Å². The molecule has 20 heavy (non-hydrogen) atoms. The zero-order valence-corrected chi connectivity index (χ0v) is 12.5. The molecule has 0 aliphatic heterocycles. The van der Waals surface area contributed by atoms with Crippen LogP contribution in [0.5, 0.6) is 0 Å². The average Bonchev–Trinajstić information content (AvgIpc) is 2.53. The summed E-state index contributed by atoms with van der Waals surface area (Å²) in [6.07, 6.45) is 3.62. The maximum Gasteiger partial charge on any atom is 0.0578 e. The Morgan fingerprint density at radius 1 is 0.800 bits per heavy atom. The predicted molar refractivity (Wildman–Crippen MR) is 86.8 cm³/mol. The van der Waals surface area contributed by atoms with Crippen LogP contribution >= 0.6 is 0 Å². The Balaban J connectivity index is 2.25. The summed E-state index contributed by atoms with van der Waals surface area (Å²) < 4.78 is 0. The third-order valence-electron chi connectivity index (χ3n) is 3.80. The van der Waals surface area contributed by atoms with Crippen molar-refractivity contribution < 1.29 is 0 Å². The highest BCUT2D eigenvalue weighted by atomic mass is 14.9. The summed E-state index contributed by atoms with van der Waals surface area (Å²) in [4.78, 5) is 0. The van der Waals surface area contributed by atoms with Gasteiger partial charge in [-0.15, -0.1) is 0 Å². The van der Waals surface area contributed by atoms with Crippen LogP contribution in [0.3, 0.4) is 0 Å². The van der Waals surface area contributed by atoms with Crippen LogP contribution in [0.25, 0.3) is 0 Å². The Kier molecular flexibility index (Phi) is 5.82. The van der Waals surface area contributed by atoms with Crippen LogP contribution in [0.1, 0.15) is 50.3 Å². The number of nitrogens with one attached hydrogen (secondary N) is 1. The molecule has 0 saturated heterocycles. The van der Waals surface area contributed by atoms with Crippen molar-refractivity contribution in [3.8, 4) is 0 Å². The van der Waals surface area contributed by atoms with Gasteiger partial charge in [0.25, 0.3) is 0 Å². The van der Waals surface area contributed by atoms with E-state index in [0.29, 0.717) is 6.04 Å². The number of rotatable bonds is 7. The topological polar surface area (TPSA) is 12.0 Å². The third kappa shape index (κ3) is 3.94. The van der Waals surface area contributed by atoms with Gasteiger partial charge < -0.3 is 5.32 Å². The van der Waals surface area contributed by atoms with Crippen molar-refractivity contribution in [2.24, 2.45) is 0 Å². The maximum absolute atomic E-state index is 3.84. The molecule has 2 aromatic rings. The molecule has 0 amide bonds. The molecule has 2 aromatic carbocycles. The first kappa shape index (κ1) is 14.8. The second kappa shape index (κ2) is 7.86. The molecule has 1 nitrogen and oxygen atoms in total. The van der Waals surface area contributed by atoms with Crippen LogP contribution in [0.15, 0.2) is 60.7 Å². The molecule has 0 fully saturated rings. The molecule has 1 unspecified atom stereocenters. The molecule has 1 atom stereocenters. The van der Waals surface area contributed by atoms with E-state index in [0.717, 1.165) is 0 Å². The first-order valence-electron chi connectivity index (χ1n) is 7.71. The van der Waals surface area contributed by atoms with Crippen molar-refractivity contribution >= 4 is 0 Å². The summed E-state index contributed by atoms with van der Waals surface area (Å²) in [5, 5.41) is 3.84. The molecule has 0 bridgehead atoms. The second-order valence-corrected chi connectivity index (χ2v) is 5.31. The number of hydrogen-bond acceptors (Lipinski definition) is 1. The van der Waals surface area contributed by atoms with Gasteiger partial charge in [0.2, 0.25) is 0 Å². The van der Waals surface area contributed by atoms with Gasteiger partial charge in [-0.3, -0.25) is 0 Å². The van der Waals surface area contributed by atoms with Gasteiger partial charge in [-0.2, -0.15) is 0 Å². The Bertz CT molecular complexity index is 438. The van der Waals surface area contributed by atoms with Gasteiger partial charge in [0.15, 0.2) is 0 Å². The van der Waals surface area contributed by atoms with Crippen molar-refractivity contribution in [1.82, 2.24) is 5.32 Å². The summed E-state index contributed by atoms with van der Waals surface area (Å²) in [6, 6.07) is 22.3. The van der Waals surface area contributed by atoms with Crippen LogP contribution in [-0.2, 0) is 0 Å². The summed E-state index contributed by atoms with van der Waals surface area (Å²) in [7, 11) is 0. The average molecular weight is 267 g/mol. The number of benzene rings is 2. The molecule has 0 radical (unpaired) electrons. The van der Waals surface area contributed by atoms with Gasteiger partial charge in [-0.05, 0) is 24.0 Å². The van der Waals surface area contributed by atoms with Crippen molar-refractivity contribution in [2.75, 3.05) is 0 Å². The highest BCUT2D eigenvalue weighted by Crippen LogP contribution is 2.23. The molecule has 0 aromatic heterocycles.